The second-order valence-electron chi connectivity index (χ2n) is 5.39. The van der Waals surface area contributed by atoms with Gasteiger partial charge in [-0.2, -0.15) is 25.1 Å². The third-order valence-electron chi connectivity index (χ3n) is 3.77. The molecule has 9 nitrogen and oxygen atoms in total. The lowest BCUT2D eigenvalue weighted by Gasteiger charge is -2.05. The summed E-state index contributed by atoms with van der Waals surface area (Å²) in [5.41, 5.74) is 4.53. The number of anilines is 2. The summed E-state index contributed by atoms with van der Waals surface area (Å²) in [6.07, 6.45) is 1.64. The average Bonchev–Trinajstić information content (AvgIpc) is 3.28. The summed E-state index contributed by atoms with van der Waals surface area (Å²) in [6, 6.07) is 15.4. The predicted molar refractivity (Wildman–Crippen MR) is 91.6 cm³/mol. The van der Waals surface area contributed by atoms with E-state index in [2.05, 4.69) is 41.0 Å². The molecule has 9 heteroatoms. The van der Waals surface area contributed by atoms with Gasteiger partial charge in [-0.3, -0.25) is 0 Å². The van der Waals surface area contributed by atoms with E-state index >= 15 is 0 Å². The maximum Gasteiger partial charge on any atom is 0.229 e. The van der Waals surface area contributed by atoms with Gasteiger partial charge in [-0.15, -0.1) is 5.10 Å². The van der Waals surface area contributed by atoms with Crippen LogP contribution in [0.25, 0.3) is 27.9 Å². The molecule has 5 aromatic rings. The summed E-state index contributed by atoms with van der Waals surface area (Å²) in [7, 11) is 0. The van der Waals surface area contributed by atoms with Crippen molar-refractivity contribution in [2.45, 2.75) is 0 Å². The van der Waals surface area contributed by atoms with Crippen LogP contribution in [-0.2, 0) is 0 Å². The number of para-hydroxylation sites is 1. The third kappa shape index (κ3) is 2.34. The zero-order chi connectivity index (χ0) is 16.6. The summed E-state index contributed by atoms with van der Waals surface area (Å²) in [5, 5.41) is 22.2. The molecule has 120 valence electrons. The summed E-state index contributed by atoms with van der Waals surface area (Å²) in [5.74, 6) is 0.454. The number of rotatable bonds is 3. The molecule has 0 aliphatic heterocycles. The van der Waals surface area contributed by atoms with E-state index < -0.39 is 0 Å². The minimum Gasteiger partial charge on any atom is -0.324 e. The van der Waals surface area contributed by atoms with Crippen molar-refractivity contribution >= 4 is 33.8 Å². The van der Waals surface area contributed by atoms with Gasteiger partial charge in [-0.1, -0.05) is 23.4 Å². The molecule has 0 bridgehead atoms. The molecule has 25 heavy (non-hydrogen) atoms. The van der Waals surface area contributed by atoms with Crippen LogP contribution >= 0.6 is 0 Å². The quantitative estimate of drug-likeness (QED) is 0.522. The Morgan fingerprint density at radius 3 is 2.72 bits per heavy atom. The molecule has 0 atom stereocenters. The van der Waals surface area contributed by atoms with E-state index in [1.54, 1.807) is 10.9 Å². The number of H-pyrrole nitrogens is 1. The molecule has 3 aromatic heterocycles. The fourth-order valence-electron chi connectivity index (χ4n) is 2.58. The highest BCUT2D eigenvalue weighted by atomic mass is 15.4. The molecule has 2 aromatic carbocycles. The Balaban J connectivity index is 1.55. The number of aromatic amines is 1. The molecule has 2 N–H and O–H groups in total. The molecule has 0 saturated carbocycles. The molecular weight excluding hydrogens is 318 g/mol. The predicted octanol–water partition coefficient (Wildman–Crippen LogP) is 2.23. The van der Waals surface area contributed by atoms with E-state index in [1.807, 2.05) is 48.5 Å². The second-order valence-corrected chi connectivity index (χ2v) is 5.39. The Kier molecular flexibility index (Phi) is 2.89. The van der Waals surface area contributed by atoms with E-state index in [0.29, 0.717) is 17.1 Å². The fraction of sp³-hybridized carbons (Fsp3) is 0. The van der Waals surface area contributed by atoms with Crippen molar-refractivity contribution in [3.63, 3.8) is 0 Å². The van der Waals surface area contributed by atoms with Gasteiger partial charge in [0, 0.05) is 5.69 Å². The molecule has 5 rings (SSSR count). The van der Waals surface area contributed by atoms with E-state index in [4.69, 9.17) is 0 Å². The zero-order valence-electron chi connectivity index (χ0n) is 12.8. The number of nitrogens with zero attached hydrogens (tertiary/aromatic N) is 7. The fourth-order valence-corrected chi connectivity index (χ4v) is 2.58. The van der Waals surface area contributed by atoms with Gasteiger partial charge in [-0.05, 0) is 30.3 Å². The maximum atomic E-state index is 4.55. The molecule has 0 aliphatic carbocycles. The van der Waals surface area contributed by atoms with E-state index in [0.717, 1.165) is 22.4 Å². The molecule has 0 saturated heterocycles. The number of fused-ring (bicyclic) bond motifs is 2. The summed E-state index contributed by atoms with van der Waals surface area (Å²) >= 11 is 0. The molecule has 0 amide bonds. The van der Waals surface area contributed by atoms with Crippen LogP contribution in [0.2, 0.25) is 0 Å². The van der Waals surface area contributed by atoms with Gasteiger partial charge in [-0.25, -0.2) is 4.98 Å². The Morgan fingerprint density at radius 1 is 0.920 bits per heavy atom. The van der Waals surface area contributed by atoms with Crippen LogP contribution in [0.5, 0.6) is 0 Å². The minimum atomic E-state index is 0.454. The molecule has 0 unspecified atom stereocenters. The van der Waals surface area contributed by atoms with Crippen LogP contribution in [0, 0.1) is 0 Å². The number of aromatic nitrogens is 8. The van der Waals surface area contributed by atoms with Gasteiger partial charge in [0.25, 0.3) is 0 Å². The molecule has 0 spiro atoms. The van der Waals surface area contributed by atoms with E-state index in [1.165, 1.54) is 0 Å². The first-order chi connectivity index (χ1) is 12.4. The Bertz CT molecular complexity index is 1180. The SMILES string of the molecule is c1ccc(-n2nnc3cnc(Nc4ccc5n[nH]nc5c4)nc32)cc1. The highest BCUT2D eigenvalue weighted by Crippen LogP contribution is 2.20. The van der Waals surface area contributed by atoms with Gasteiger partial charge in [0.15, 0.2) is 11.2 Å². The number of nitrogens with one attached hydrogen (secondary N) is 2. The van der Waals surface area contributed by atoms with Crippen LogP contribution in [-0.4, -0.2) is 40.4 Å². The number of benzene rings is 2. The number of hydrogen-bond acceptors (Lipinski definition) is 7. The summed E-state index contributed by atoms with van der Waals surface area (Å²) in [6.45, 7) is 0. The van der Waals surface area contributed by atoms with Gasteiger partial charge in [0.2, 0.25) is 5.95 Å². The minimum absolute atomic E-state index is 0.454. The van der Waals surface area contributed by atoms with Crippen molar-refractivity contribution in [1.82, 2.24) is 40.4 Å². The second kappa shape index (κ2) is 5.34. The van der Waals surface area contributed by atoms with Crippen LogP contribution in [0.3, 0.4) is 0 Å². The molecule has 0 fully saturated rings. The Morgan fingerprint density at radius 2 is 1.80 bits per heavy atom. The Labute approximate surface area is 140 Å². The normalized spacial score (nSPS) is 11.2. The van der Waals surface area contributed by atoms with Crippen molar-refractivity contribution < 1.29 is 0 Å². The van der Waals surface area contributed by atoms with Crippen LogP contribution in [0.1, 0.15) is 0 Å². The van der Waals surface area contributed by atoms with Crippen LogP contribution in [0.15, 0.2) is 54.7 Å². The zero-order valence-corrected chi connectivity index (χ0v) is 12.8. The average molecular weight is 329 g/mol. The molecule has 0 radical (unpaired) electrons. The lowest BCUT2D eigenvalue weighted by molar-refractivity contribution is 0.817. The highest BCUT2D eigenvalue weighted by Gasteiger charge is 2.10. The molecular formula is C16H11N9. The van der Waals surface area contributed by atoms with Crippen molar-refractivity contribution in [2.24, 2.45) is 0 Å². The lowest BCUT2D eigenvalue weighted by Crippen LogP contribution is -2.01. The smallest absolute Gasteiger partial charge is 0.229 e. The number of hydrogen-bond donors (Lipinski definition) is 2. The maximum absolute atomic E-state index is 4.55. The monoisotopic (exact) mass is 329 g/mol. The van der Waals surface area contributed by atoms with Gasteiger partial charge < -0.3 is 5.32 Å². The van der Waals surface area contributed by atoms with E-state index in [9.17, 15) is 0 Å². The standard InChI is InChI=1S/C16H11N9/c1-2-4-11(5-3-1)25-15-14(22-24-25)9-17-16(19-15)18-10-6-7-12-13(8-10)21-23-20-12/h1-9H,(H,17,18,19)(H,20,21,23). The Hall–Kier alpha value is -3.88. The van der Waals surface area contributed by atoms with Gasteiger partial charge in [0.05, 0.1) is 11.9 Å². The van der Waals surface area contributed by atoms with Crippen LogP contribution < -0.4 is 5.32 Å². The topological polar surface area (TPSA) is 110 Å². The van der Waals surface area contributed by atoms with E-state index in [-0.39, 0.29) is 0 Å². The lowest BCUT2D eigenvalue weighted by atomic mass is 10.3. The first-order valence-electron chi connectivity index (χ1n) is 7.58. The van der Waals surface area contributed by atoms with Gasteiger partial charge in [0.1, 0.15) is 11.0 Å². The first kappa shape index (κ1) is 13.5. The van der Waals surface area contributed by atoms with Crippen molar-refractivity contribution in [3.8, 4) is 5.69 Å². The summed E-state index contributed by atoms with van der Waals surface area (Å²) < 4.78 is 1.68. The first-order valence-corrected chi connectivity index (χ1v) is 7.58. The van der Waals surface area contributed by atoms with Crippen molar-refractivity contribution in [3.05, 3.63) is 54.7 Å². The molecule has 3 heterocycles. The van der Waals surface area contributed by atoms with Gasteiger partial charge >= 0.3 is 0 Å². The van der Waals surface area contributed by atoms with Crippen molar-refractivity contribution in [1.29, 1.82) is 0 Å². The largest absolute Gasteiger partial charge is 0.324 e. The van der Waals surface area contributed by atoms with Crippen molar-refractivity contribution in [2.75, 3.05) is 5.32 Å². The van der Waals surface area contributed by atoms with Crippen LogP contribution in [0.4, 0.5) is 11.6 Å². The summed E-state index contributed by atoms with van der Waals surface area (Å²) in [4.78, 5) is 8.84. The highest BCUT2D eigenvalue weighted by molar-refractivity contribution is 5.79. The molecule has 0 aliphatic rings. The third-order valence-corrected chi connectivity index (χ3v) is 3.77.